The fourth-order valence-electron chi connectivity index (χ4n) is 3.74. The molecule has 35 heavy (non-hydrogen) atoms. The number of esters is 3. The van der Waals surface area contributed by atoms with Crippen LogP contribution in [0.15, 0.2) is 36.7 Å². The van der Waals surface area contributed by atoms with Crippen LogP contribution in [0, 0.1) is 3.83 Å². The van der Waals surface area contributed by atoms with Gasteiger partial charge in [-0.3, -0.25) is 19.0 Å². The standard InChI is InChI=1S/C22H22IN5O7/c1-11(29)32-9-15-17(33-12(2)30)18(34-13(3)31)21(35-15)28-10-24-16-19(26-22(23)27-20(16)28)25-14-7-5-4-6-8-14/h4-8,10,15,17-18,21H,9H2,1-3H3,(H,25,26,27). The van der Waals surface area contributed by atoms with E-state index in [1.165, 1.54) is 27.1 Å². The summed E-state index contributed by atoms with van der Waals surface area (Å²) in [7, 11) is 0. The summed E-state index contributed by atoms with van der Waals surface area (Å²) in [6, 6.07) is 9.45. The maximum Gasteiger partial charge on any atom is 0.303 e. The molecule has 1 aliphatic heterocycles. The molecular formula is C22H22IN5O7. The van der Waals surface area contributed by atoms with Crippen LogP contribution in [0.3, 0.4) is 0 Å². The topological polar surface area (TPSA) is 144 Å². The molecule has 1 N–H and O–H groups in total. The van der Waals surface area contributed by atoms with Gasteiger partial charge in [0.05, 0.1) is 6.33 Å². The minimum atomic E-state index is -1.05. The smallest absolute Gasteiger partial charge is 0.303 e. The van der Waals surface area contributed by atoms with Crippen LogP contribution < -0.4 is 5.32 Å². The van der Waals surface area contributed by atoms with Crippen LogP contribution in [0.1, 0.15) is 27.0 Å². The average molecular weight is 595 g/mol. The number of aromatic nitrogens is 4. The van der Waals surface area contributed by atoms with Crippen molar-refractivity contribution < 1.29 is 33.3 Å². The molecule has 4 atom stereocenters. The second-order valence-electron chi connectivity index (χ2n) is 7.67. The van der Waals surface area contributed by atoms with Crippen LogP contribution in [0.2, 0.25) is 0 Å². The van der Waals surface area contributed by atoms with E-state index in [2.05, 4.69) is 20.3 Å². The van der Waals surface area contributed by atoms with Crippen LogP contribution in [0.5, 0.6) is 0 Å². The first-order chi connectivity index (χ1) is 16.7. The van der Waals surface area contributed by atoms with E-state index in [0.717, 1.165) is 5.69 Å². The number of imidazole rings is 1. The van der Waals surface area contributed by atoms with Gasteiger partial charge in [-0.05, 0) is 12.1 Å². The van der Waals surface area contributed by atoms with Crippen molar-refractivity contribution in [2.45, 2.75) is 45.3 Å². The molecule has 0 amide bonds. The molecular weight excluding hydrogens is 573 g/mol. The van der Waals surface area contributed by atoms with Crippen molar-refractivity contribution in [1.29, 1.82) is 0 Å². The first-order valence-electron chi connectivity index (χ1n) is 10.6. The zero-order valence-electron chi connectivity index (χ0n) is 19.0. The highest BCUT2D eigenvalue weighted by Gasteiger charge is 2.51. The van der Waals surface area contributed by atoms with E-state index in [1.807, 2.05) is 52.9 Å². The highest BCUT2D eigenvalue weighted by Crippen LogP contribution is 2.36. The van der Waals surface area contributed by atoms with Crippen LogP contribution in [0.4, 0.5) is 11.5 Å². The van der Waals surface area contributed by atoms with Gasteiger partial charge in [0.25, 0.3) is 0 Å². The molecule has 1 aliphatic rings. The van der Waals surface area contributed by atoms with Gasteiger partial charge in [0.2, 0.25) is 0 Å². The summed E-state index contributed by atoms with van der Waals surface area (Å²) >= 11 is 1.99. The average Bonchev–Trinajstić information content (AvgIpc) is 3.34. The summed E-state index contributed by atoms with van der Waals surface area (Å²) in [6.07, 6.45) is -2.46. The predicted molar refractivity (Wildman–Crippen MR) is 129 cm³/mol. The lowest BCUT2D eigenvalue weighted by molar-refractivity contribution is -0.166. The Morgan fingerprint density at radius 3 is 2.37 bits per heavy atom. The van der Waals surface area contributed by atoms with E-state index in [-0.39, 0.29) is 6.61 Å². The van der Waals surface area contributed by atoms with E-state index in [9.17, 15) is 14.4 Å². The van der Waals surface area contributed by atoms with E-state index in [1.54, 1.807) is 4.57 Å². The van der Waals surface area contributed by atoms with Gasteiger partial charge in [0.15, 0.2) is 39.2 Å². The molecule has 1 saturated heterocycles. The number of hydrogen-bond acceptors (Lipinski definition) is 11. The highest BCUT2D eigenvalue weighted by molar-refractivity contribution is 14.1. The Hall–Kier alpha value is -3.33. The molecule has 0 aliphatic carbocycles. The van der Waals surface area contributed by atoms with Gasteiger partial charge in [-0.2, -0.15) is 0 Å². The van der Waals surface area contributed by atoms with Gasteiger partial charge in [-0.1, -0.05) is 18.2 Å². The van der Waals surface area contributed by atoms with Crippen molar-refractivity contribution in [3.8, 4) is 0 Å². The summed E-state index contributed by atoms with van der Waals surface area (Å²) in [5.41, 5.74) is 1.66. The molecule has 184 valence electrons. The van der Waals surface area contributed by atoms with Crippen molar-refractivity contribution in [3.63, 3.8) is 0 Å². The van der Waals surface area contributed by atoms with Crippen LogP contribution >= 0.6 is 22.6 Å². The molecule has 3 aromatic rings. The zero-order valence-corrected chi connectivity index (χ0v) is 21.2. The molecule has 3 heterocycles. The fraction of sp³-hybridized carbons (Fsp3) is 0.364. The fourth-order valence-corrected chi connectivity index (χ4v) is 4.21. The number of nitrogens with zero attached hydrogens (tertiary/aromatic N) is 4. The summed E-state index contributed by atoms with van der Waals surface area (Å²) in [6.45, 7) is 3.51. The second-order valence-corrected chi connectivity index (χ2v) is 8.64. The van der Waals surface area contributed by atoms with E-state index in [0.29, 0.717) is 20.8 Å². The highest BCUT2D eigenvalue weighted by atomic mass is 127. The number of fused-ring (bicyclic) bond motifs is 1. The van der Waals surface area contributed by atoms with Gasteiger partial charge in [-0.15, -0.1) is 0 Å². The van der Waals surface area contributed by atoms with Crippen LogP contribution in [-0.2, 0) is 33.3 Å². The summed E-state index contributed by atoms with van der Waals surface area (Å²) in [4.78, 5) is 48.5. The molecule has 4 unspecified atom stereocenters. The van der Waals surface area contributed by atoms with Gasteiger partial charge < -0.3 is 24.3 Å². The number of hydrogen-bond donors (Lipinski definition) is 1. The molecule has 4 rings (SSSR count). The Morgan fingerprint density at radius 2 is 1.71 bits per heavy atom. The quantitative estimate of drug-likeness (QED) is 0.186. The van der Waals surface area contributed by atoms with Crippen molar-refractivity contribution in [3.05, 3.63) is 40.5 Å². The Labute approximate surface area is 213 Å². The minimum absolute atomic E-state index is 0.207. The molecule has 1 fully saturated rings. The van der Waals surface area contributed by atoms with Crippen molar-refractivity contribution in [2.75, 3.05) is 11.9 Å². The first kappa shape index (κ1) is 24.8. The number of ether oxygens (including phenoxy) is 4. The number of carbonyl (C=O) groups is 3. The van der Waals surface area contributed by atoms with Crippen molar-refractivity contribution in [2.24, 2.45) is 0 Å². The van der Waals surface area contributed by atoms with E-state index in [4.69, 9.17) is 18.9 Å². The molecule has 13 heteroatoms. The summed E-state index contributed by atoms with van der Waals surface area (Å²) < 4.78 is 24.1. The Morgan fingerprint density at radius 1 is 1.03 bits per heavy atom. The monoisotopic (exact) mass is 595 g/mol. The van der Waals surface area contributed by atoms with Gasteiger partial charge in [-0.25, -0.2) is 15.0 Å². The number of rotatable bonds is 7. The molecule has 1 aromatic carbocycles. The summed E-state index contributed by atoms with van der Waals surface area (Å²) in [5.74, 6) is -1.27. The molecule has 0 bridgehead atoms. The third-order valence-corrected chi connectivity index (χ3v) is 5.53. The number of carbonyl (C=O) groups excluding carboxylic acids is 3. The maximum absolute atomic E-state index is 11.9. The second kappa shape index (κ2) is 10.5. The Kier molecular flexibility index (Phi) is 7.45. The third kappa shape index (κ3) is 5.67. The molecule has 12 nitrogen and oxygen atoms in total. The number of benzene rings is 1. The lowest BCUT2D eigenvalue weighted by Crippen LogP contribution is -2.40. The Balaban J connectivity index is 1.75. The van der Waals surface area contributed by atoms with E-state index >= 15 is 0 Å². The van der Waals surface area contributed by atoms with E-state index < -0.39 is 42.4 Å². The summed E-state index contributed by atoms with van der Waals surface area (Å²) in [5, 5.41) is 3.23. The molecule has 0 radical (unpaired) electrons. The van der Waals surface area contributed by atoms with Crippen LogP contribution in [-0.4, -0.2) is 62.3 Å². The largest absolute Gasteiger partial charge is 0.463 e. The normalized spacial score (nSPS) is 21.5. The zero-order chi connectivity index (χ0) is 25.1. The van der Waals surface area contributed by atoms with Gasteiger partial charge >= 0.3 is 17.9 Å². The van der Waals surface area contributed by atoms with Gasteiger partial charge in [0.1, 0.15) is 12.7 Å². The number of nitrogens with one attached hydrogen (secondary N) is 1. The lowest BCUT2D eigenvalue weighted by atomic mass is 10.1. The Bertz CT molecular complexity index is 1250. The van der Waals surface area contributed by atoms with Crippen molar-refractivity contribution >= 4 is 63.2 Å². The molecule has 0 spiro atoms. The minimum Gasteiger partial charge on any atom is -0.463 e. The number of anilines is 2. The first-order valence-corrected chi connectivity index (χ1v) is 11.7. The number of para-hydroxylation sites is 1. The van der Waals surface area contributed by atoms with Crippen molar-refractivity contribution in [1.82, 2.24) is 19.5 Å². The third-order valence-electron chi connectivity index (χ3n) is 5.05. The molecule has 0 saturated carbocycles. The maximum atomic E-state index is 11.9. The number of halogens is 1. The molecule has 2 aromatic heterocycles. The lowest BCUT2D eigenvalue weighted by Gasteiger charge is -2.23. The predicted octanol–water partition coefficient (Wildman–Crippen LogP) is 2.50. The van der Waals surface area contributed by atoms with Gasteiger partial charge in [0, 0.05) is 49.0 Å². The van der Waals surface area contributed by atoms with Crippen LogP contribution in [0.25, 0.3) is 11.2 Å². The SMILES string of the molecule is CC(=O)OCC1OC(n2cnc3c(Nc4ccccc4)nc(I)nc32)C(OC(C)=O)C1OC(C)=O.